The van der Waals surface area contributed by atoms with E-state index in [-0.39, 0.29) is 6.79 Å². The molecule has 3 nitrogen and oxygen atoms in total. The van der Waals surface area contributed by atoms with E-state index in [2.05, 4.69) is 12.6 Å². The van der Waals surface area contributed by atoms with Crippen LogP contribution in [0.4, 0.5) is 0 Å². The van der Waals surface area contributed by atoms with Crippen molar-refractivity contribution in [2.75, 3.05) is 13.9 Å². The molecule has 0 saturated heterocycles. The van der Waals surface area contributed by atoms with Gasteiger partial charge in [-0.15, -0.1) is 6.58 Å². The molecule has 0 aromatic heterocycles. The van der Waals surface area contributed by atoms with Crippen LogP contribution in [-0.4, -0.2) is 13.9 Å². The van der Waals surface area contributed by atoms with Gasteiger partial charge in [-0.3, -0.25) is 0 Å². The highest BCUT2D eigenvalue weighted by Crippen LogP contribution is 2.37. The second-order valence-electron chi connectivity index (χ2n) is 2.92. The molecule has 0 spiro atoms. The van der Waals surface area contributed by atoms with Crippen LogP contribution in [0.1, 0.15) is 5.56 Å². The number of benzene rings is 1. The van der Waals surface area contributed by atoms with Crippen molar-refractivity contribution in [2.24, 2.45) is 0 Å². The molecule has 0 N–H and O–H groups in total. The monoisotopic (exact) mass is 191 g/mol. The number of rotatable bonds is 3. The fraction of sp³-hybridized carbons (Fsp3) is 0.273. The lowest BCUT2D eigenvalue weighted by molar-refractivity contribution is 0.173. The minimum Gasteiger partial charge on any atom is -0.496 e. The summed E-state index contributed by atoms with van der Waals surface area (Å²) in [5.74, 6) is 2.03. The molecule has 73 valence electrons. The van der Waals surface area contributed by atoms with Crippen LogP contribution in [0.5, 0.6) is 17.2 Å². The summed E-state index contributed by atoms with van der Waals surface area (Å²) in [5, 5.41) is 0. The normalized spacial score (nSPS) is 12.6. The molecule has 0 atom stereocenters. The third-order valence-electron chi connectivity index (χ3n) is 2.03. The lowest BCUT2D eigenvalue weighted by atomic mass is 10.1. The number of hydrogen-bond donors (Lipinski definition) is 0. The Morgan fingerprint density at radius 2 is 2.50 bits per heavy atom. The summed E-state index contributed by atoms with van der Waals surface area (Å²) in [6.45, 7) is 3.94. The summed E-state index contributed by atoms with van der Waals surface area (Å²) in [4.78, 5) is 0. The Morgan fingerprint density at radius 3 is 3.21 bits per heavy atom. The van der Waals surface area contributed by atoms with Gasteiger partial charge in [-0.1, -0.05) is 6.08 Å². The molecular weight excluding hydrogens is 180 g/mol. The van der Waals surface area contributed by atoms with Crippen LogP contribution in [0.15, 0.2) is 18.7 Å². The van der Waals surface area contributed by atoms with Crippen molar-refractivity contribution in [3.63, 3.8) is 0 Å². The first kappa shape index (κ1) is 8.94. The van der Waals surface area contributed by atoms with Crippen molar-refractivity contribution in [3.05, 3.63) is 30.4 Å². The molecule has 1 aliphatic rings. The van der Waals surface area contributed by atoms with Crippen LogP contribution in [0.3, 0.4) is 0 Å². The maximum absolute atomic E-state index is 5.24. The number of fused-ring (bicyclic) bond motifs is 1. The molecule has 1 heterocycles. The first-order chi connectivity index (χ1) is 6.85. The summed E-state index contributed by atoms with van der Waals surface area (Å²) < 4.78 is 15.6. The van der Waals surface area contributed by atoms with E-state index in [0.717, 1.165) is 17.7 Å². The number of hydrogen-bond acceptors (Lipinski definition) is 3. The van der Waals surface area contributed by atoms with Crippen molar-refractivity contribution < 1.29 is 14.2 Å². The molecule has 0 unspecified atom stereocenters. The van der Waals surface area contributed by atoms with Gasteiger partial charge in [-0.05, 0) is 12.5 Å². The Kier molecular flexibility index (Phi) is 2.31. The summed E-state index contributed by atoms with van der Waals surface area (Å²) in [6.07, 6.45) is 2.55. The van der Waals surface area contributed by atoms with Gasteiger partial charge in [0, 0.05) is 5.56 Å². The van der Waals surface area contributed by atoms with E-state index in [0.29, 0.717) is 11.5 Å². The number of ether oxygens (including phenoxy) is 3. The summed E-state index contributed by atoms with van der Waals surface area (Å²) >= 11 is 0. The maximum Gasteiger partial charge on any atom is 0.231 e. The predicted molar refractivity (Wildman–Crippen MR) is 51.9 cm³/mol. The molecule has 3 heteroatoms. The van der Waals surface area contributed by atoms with Gasteiger partial charge in [-0.25, -0.2) is 0 Å². The minimum absolute atomic E-state index is 0.256. The Morgan fingerprint density at radius 1 is 1.64 bits per heavy atom. The van der Waals surface area contributed by atoms with Crippen molar-refractivity contribution >= 4 is 0 Å². The third-order valence-corrected chi connectivity index (χ3v) is 2.03. The van der Waals surface area contributed by atoms with Crippen LogP contribution >= 0.6 is 0 Å². The standard InChI is InChI=1S/C11H11O3/c1-3-4-8-5-10-11(14-7-13-10)6-9(8)12-2/h3,5H,1,4,7H2,2H3. The minimum atomic E-state index is 0.256. The SMILES string of the molecule is C=CCc1cc2c([c]c1OC)OCO2. The quantitative estimate of drug-likeness (QED) is 0.683. The number of allylic oxidation sites excluding steroid dienone is 1. The van der Waals surface area contributed by atoms with E-state index in [4.69, 9.17) is 14.2 Å². The van der Waals surface area contributed by atoms with Crippen LogP contribution in [0.25, 0.3) is 0 Å². The highest BCUT2D eigenvalue weighted by atomic mass is 16.7. The van der Waals surface area contributed by atoms with Gasteiger partial charge in [0.05, 0.1) is 13.2 Å². The fourth-order valence-electron chi connectivity index (χ4n) is 1.39. The maximum atomic E-state index is 5.24. The van der Waals surface area contributed by atoms with Crippen molar-refractivity contribution in [1.29, 1.82) is 0 Å². The van der Waals surface area contributed by atoms with Crippen LogP contribution in [0, 0.1) is 6.07 Å². The first-order valence-corrected chi connectivity index (χ1v) is 4.35. The largest absolute Gasteiger partial charge is 0.496 e. The van der Waals surface area contributed by atoms with Crippen molar-refractivity contribution in [2.45, 2.75) is 6.42 Å². The summed E-state index contributed by atoms with van der Waals surface area (Å²) in [6, 6.07) is 4.91. The second kappa shape index (κ2) is 3.62. The average molecular weight is 191 g/mol. The molecule has 0 aliphatic carbocycles. The smallest absolute Gasteiger partial charge is 0.231 e. The van der Waals surface area contributed by atoms with Gasteiger partial charge in [0.15, 0.2) is 11.5 Å². The zero-order valence-corrected chi connectivity index (χ0v) is 8.00. The lowest BCUT2D eigenvalue weighted by Gasteiger charge is -2.06. The zero-order valence-electron chi connectivity index (χ0n) is 8.00. The molecule has 2 rings (SSSR count). The van der Waals surface area contributed by atoms with E-state index in [1.165, 1.54) is 0 Å². The van der Waals surface area contributed by atoms with Crippen LogP contribution in [-0.2, 0) is 6.42 Å². The van der Waals surface area contributed by atoms with E-state index in [1.807, 2.05) is 12.1 Å². The van der Waals surface area contributed by atoms with Crippen LogP contribution in [0.2, 0.25) is 0 Å². The zero-order chi connectivity index (χ0) is 9.97. The van der Waals surface area contributed by atoms with Crippen molar-refractivity contribution in [3.8, 4) is 17.2 Å². The van der Waals surface area contributed by atoms with E-state index >= 15 is 0 Å². The molecule has 0 bridgehead atoms. The summed E-state index contributed by atoms with van der Waals surface area (Å²) in [5.41, 5.74) is 1.01. The Labute approximate surface area is 82.9 Å². The van der Waals surface area contributed by atoms with E-state index < -0.39 is 0 Å². The fourth-order valence-corrected chi connectivity index (χ4v) is 1.39. The highest BCUT2D eigenvalue weighted by molar-refractivity contribution is 5.51. The van der Waals surface area contributed by atoms with E-state index in [9.17, 15) is 0 Å². The lowest BCUT2D eigenvalue weighted by Crippen LogP contribution is -1.92. The van der Waals surface area contributed by atoms with E-state index in [1.54, 1.807) is 7.11 Å². The van der Waals surface area contributed by atoms with Gasteiger partial charge < -0.3 is 14.2 Å². The third kappa shape index (κ3) is 1.41. The molecule has 1 aromatic carbocycles. The number of methoxy groups -OCH3 is 1. The molecule has 1 aliphatic heterocycles. The topological polar surface area (TPSA) is 27.7 Å². The Bertz CT molecular complexity index is 358. The Balaban J connectivity index is 2.43. The van der Waals surface area contributed by atoms with Gasteiger partial charge in [0.2, 0.25) is 6.79 Å². The van der Waals surface area contributed by atoms with Gasteiger partial charge >= 0.3 is 0 Å². The van der Waals surface area contributed by atoms with Gasteiger partial charge in [-0.2, -0.15) is 0 Å². The second-order valence-corrected chi connectivity index (χ2v) is 2.92. The molecule has 14 heavy (non-hydrogen) atoms. The molecule has 1 aromatic rings. The molecule has 0 saturated carbocycles. The summed E-state index contributed by atoms with van der Waals surface area (Å²) in [7, 11) is 1.61. The average Bonchev–Trinajstić information content (AvgIpc) is 2.64. The first-order valence-electron chi connectivity index (χ1n) is 4.35. The molecular formula is C11H11O3. The molecule has 0 fully saturated rings. The molecule has 1 radical (unpaired) electrons. The van der Waals surface area contributed by atoms with Crippen molar-refractivity contribution in [1.82, 2.24) is 0 Å². The predicted octanol–water partition coefficient (Wildman–Crippen LogP) is 1.95. The highest BCUT2D eigenvalue weighted by Gasteiger charge is 2.17. The van der Waals surface area contributed by atoms with Crippen LogP contribution < -0.4 is 14.2 Å². The molecule has 0 amide bonds. The van der Waals surface area contributed by atoms with Gasteiger partial charge in [0.1, 0.15) is 5.75 Å². The van der Waals surface area contributed by atoms with Gasteiger partial charge in [0.25, 0.3) is 0 Å². The Hall–Kier alpha value is -1.64.